The number of nitrogens with zero attached hydrogens (tertiary/aromatic N) is 4. The number of imidazole rings is 1. The molecule has 4 aromatic rings. The summed E-state index contributed by atoms with van der Waals surface area (Å²) in [4.78, 5) is 20.2. The Hall–Kier alpha value is -4.12. The highest BCUT2D eigenvalue weighted by Crippen LogP contribution is 2.39. The standard InChI is InChI=1S/C22H17BrN4O6/c1-32-17-9-12(3-6-15(17)28)19-22(26-11-14(23)5-8-18(26)25-19)24-10-13-4-7-16(29)21(33-2)20(13)27(30)31/h3-11,28-29H,1-2H3. The second kappa shape index (κ2) is 8.79. The van der Waals surface area contributed by atoms with E-state index in [-0.39, 0.29) is 28.6 Å². The topological polar surface area (TPSA) is 132 Å². The predicted molar refractivity (Wildman–Crippen MR) is 125 cm³/mol. The molecular weight excluding hydrogens is 496 g/mol. The van der Waals surface area contributed by atoms with Crippen LogP contribution in [0.15, 0.2) is 58.1 Å². The lowest BCUT2D eigenvalue weighted by molar-refractivity contribution is -0.385. The summed E-state index contributed by atoms with van der Waals surface area (Å²) < 4.78 is 12.7. The van der Waals surface area contributed by atoms with Crippen LogP contribution in [0.1, 0.15) is 5.56 Å². The lowest BCUT2D eigenvalue weighted by Crippen LogP contribution is -1.99. The fraction of sp³-hybridized carbons (Fsp3) is 0.0909. The van der Waals surface area contributed by atoms with Crippen LogP contribution < -0.4 is 9.47 Å². The Bertz CT molecular complexity index is 1420. The highest BCUT2D eigenvalue weighted by molar-refractivity contribution is 9.10. The van der Waals surface area contributed by atoms with Crippen molar-refractivity contribution < 1.29 is 24.6 Å². The van der Waals surface area contributed by atoms with E-state index in [1.807, 2.05) is 6.07 Å². The molecule has 4 rings (SSSR count). The van der Waals surface area contributed by atoms with Crippen LogP contribution in [-0.4, -0.2) is 45.0 Å². The van der Waals surface area contributed by atoms with Gasteiger partial charge in [-0.05, 0) is 58.4 Å². The summed E-state index contributed by atoms with van der Waals surface area (Å²) in [6, 6.07) is 11.1. The lowest BCUT2D eigenvalue weighted by Gasteiger charge is -2.07. The molecule has 0 spiro atoms. The fourth-order valence-corrected chi connectivity index (χ4v) is 3.69. The van der Waals surface area contributed by atoms with Crippen molar-refractivity contribution in [3.8, 4) is 34.3 Å². The molecule has 2 N–H and O–H groups in total. The molecule has 0 fully saturated rings. The number of fused-ring (bicyclic) bond motifs is 1. The van der Waals surface area contributed by atoms with E-state index >= 15 is 0 Å². The maximum atomic E-state index is 11.7. The van der Waals surface area contributed by atoms with E-state index in [2.05, 4.69) is 25.9 Å². The van der Waals surface area contributed by atoms with Gasteiger partial charge in [0.15, 0.2) is 23.1 Å². The maximum absolute atomic E-state index is 11.7. The van der Waals surface area contributed by atoms with Crippen molar-refractivity contribution in [3.63, 3.8) is 0 Å². The zero-order chi connectivity index (χ0) is 23.7. The van der Waals surface area contributed by atoms with Gasteiger partial charge in [0, 0.05) is 22.4 Å². The largest absolute Gasteiger partial charge is 0.504 e. The van der Waals surface area contributed by atoms with E-state index in [0.29, 0.717) is 22.7 Å². The van der Waals surface area contributed by atoms with Crippen LogP contribution in [0.4, 0.5) is 11.5 Å². The quantitative estimate of drug-likeness (QED) is 0.214. The molecule has 33 heavy (non-hydrogen) atoms. The normalized spacial score (nSPS) is 11.2. The molecule has 2 aromatic heterocycles. The smallest absolute Gasteiger partial charge is 0.323 e. The highest BCUT2D eigenvalue weighted by atomic mass is 79.9. The summed E-state index contributed by atoms with van der Waals surface area (Å²) in [6.07, 6.45) is 3.08. The average molecular weight is 513 g/mol. The third-order valence-electron chi connectivity index (χ3n) is 4.86. The van der Waals surface area contributed by atoms with E-state index < -0.39 is 10.6 Å². The Balaban J connectivity index is 1.93. The van der Waals surface area contributed by atoms with E-state index in [4.69, 9.17) is 9.47 Å². The minimum absolute atomic E-state index is 0.0235. The molecule has 168 valence electrons. The molecule has 0 amide bonds. The van der Waals surface area contributed by atoms with Gasteiger partial charge in [-0.2, -0.15) is 0 Å². The zero-order valence-electron chi connectivity index (χ0n) is 17.4. The molecular formula is C22H17BrN4O6. The molecule has 0 saturated carbocycles. The first-order chi connectivity index (χ1) is 15.8. The molecule has 11 heteroatoms. The SMILES string of the molecule is COc1cc(-c2nc3ccc(Br)cn3c2N=Cc2ccc(O)c(OC)c2[N+](=O)[O-])ccc1O. The number of aromatic nitrogens is 2. The van der Waals surface area contributed by atoms with Crippen molar-refractivity contribution in [1.29, 1.82) is 0 Å². The van der Waals surface area contributed by atoms with Crippen molar-refractivity contribution in [2.45, 2.75) is 0 Å². The van der Waals surface area contributed by atoms with Gasteiger partial charge >= 0.3 is 5.69 Å². The third kappa shape index (κ3) is 4.05. The number of phenolic OH excluding ortho intramolecular Hbond substituents is 2. The van der Waals surface area contributed by atoms with Gasteiger partial charge in [-0.25, -0.2) is 9.98 Å². The van der Waals surface area contributed by atoms with Gasteiger partial charge in [0.1, 0.15) is 11.3 Å². The number of rotatable bonds is 6. The van der Waals surface area contributed by atoms with Gasteiger partial charge in [-0.3, -0.25) is 14.5 Å². The van der Waals surface area contributed by atoms with Crippen LogP contribution >= 0.6 is 15.9 Å². The second-order valence-corrected chi connectivity index (χ2v) is 7.73. The molecule has 0 aliphatic carbocycles. The van der Waals surface area contributed by atoms with E-state index in [1.165, 1.54) is 38.6 Å². The second-order valence-electron chi connectivity index (χ2n) is 6.82. The first-order valence-corrected chi connectivity index (χ1v) is 10.3. The zero-order valence-corrected chi connectivity index (χ0v) is 19.0. The van der Waals surface area contributed by atoms with Crippen molar-refractivity contribution in [3.05, 3.63) is 68.8 Å². The summed E-state index contributed by atoms with van der Waals surface area (Å²) in [5, 5.41) is 31.5. The number of ether oxygens (including phenoxy) is 2. The molecule has 0 bridgehead atoms. The van der Waals surface area contributed by atoms with Crippen LogP contribution in [0.2, 0.25) is 0 Å². The molecule has 0 radical (unpaired) electrons. The number of benzene rings is 2. The minimum Gasteiger partial charge on any atom is -0.504 e. The van der Waals surface area contributed by atoms with Gasteiger partial charge in [-0.15, -0.1) is 0 Å². The number of hydrogen-bond acceptors (Lipinski definition) is 8. The summed E-state index contributed by atoms with van der Waals surface area (Å²) >= 11 is 3.43. The number of phenols is 2. The molecule has 0 saturated heterocycles. The maximum Gasteiger partial charge on any atom is 0.323 e. The Labute approximate surface area is 195 Å². The van der Waals surface area contributed by atoms with Gasteiger partial charge in [0.25, 0.3) is 0 Å². The van der Waals surface area contributed by atoms with Crippen molar-refractivity contribution in [2.24, 2.45) is 4.99 Å². The van der Waals surface area contributed by atoms with Gasteiger partial charge < -0.3 is 19.7 Å². The number of hydrogen-bond donors (Lipinski definition) is 2. The van der Waals surface area contributed by atoms with Crippen LogP contribution in [0.3, 0.4) is 0 Å². The summed E-state index contributed by atoms with van der Waals surface area (Å²) in [7, 11) is 2.68. The van der Waals surface area contributed by atoms with Crippen molar-refractivity contribution in [1.82, 2.24) is 9.38 Å². The molecule has 0 aliphatic rings. The number of aliphatic imine (C=N–C) groups is 1. The number of pyridine rings is 1. The number of aromatic hydroxyl groups is 2. The van der Waals surface area contributed by atoms with E-state index in [0.717, 1.165) is 4.47 Å². The summed E-state index contributed by atoms with van der Waals surface area (Å²) in [6.45, 7) is 0. The molecule has 2 aromatic carbocycles. The molecule has 10 nitrogen and oxygen atoms in total. The Morgan fingerprint density at radius 2 is 1.88 bits per heavy atom. The molecule has 0 aliphatic heterocycles. The first kappa shape index (κ1) is 22.1. The van der Waals surface area contributed by atoms with Gasteiger partial charge in [0.2, 0.25) is 5.75 Å². The Kier molecular flexibility index (Phi) is 5.88. The van der Waals surface area contributed by atoms with Crippen LogP contribution in [0.5, 0.6) is 23.0 Å². The number of nitro groups is 1. The molecule has 2 heterocycles. The van der Waals surface area contributed by atoms with Crippen LogP contribution in [-0.2, 0) is 0 Å². The minimum atomic E-state index is -0.642. The van der Waals surface area contributed by atoms with Crippen molar-refractivity contribution >= 4 is 39.3 Å². The van der Waals surface area contributed by atoms with E-state index in [9.17, 15) is 20.3 Å². The highest BCUT2D eigenvalue weighted by Gasteiger charge is 2.24. The van der Waals surface area contributed by atoms with Crippen LogP contribution in [0, 0.1) is 10.1 Å². The molecule has 0 atom stereocenters. The third-order valence-corrected chi connectivity index (χ3v) is 5.33. The fourth-order valence-electron chi connectivity index (χ4n) is 3.35. The monoisotopic (exact) mass is 512 g/mol. The average Bonchev–Trinajstić information content (AvgIpc) is 3.15. The molecule has 0 unspecified atom stereocenters. The van der Waals surface area contributed by atoms with Crippen molar-refractivity contribution in [2.75, 3.05) is 14.2 Å². The first-order valence-electron chi connectivity index (χ1n) is 9.47. The number of halogens is 1. The van der Waals surface area contributed by atoms with Gasteiger partial charge in [0.05, 0.1) is 24.7 Å². The summed E-state index contributed by atoms with van der Waals surface area (Å²) in [5.41, 5.74) is 1.40. The van der Waals surface area contributed by atoms with E-state index in [1.54, 1.807) is 28.8 Å². The Morgan fingerprint density at radius 3 is 2.58 bits per heavy atom. The summed E-state index contributed by atoms with van der Waals surface area (Å²) in [5.74, 6) is 0.0230. The lowest BCUT2D eigenvalue weighted by atomic mass is 10.1. The Morgan fingerprint density at radius 1 is 1.12 bits per heavy atom. The number of methoxy groups -OCH3 is 2. The van der Waals surface area contributed by atoms with Crippen LogP contribution in [0.25, 0.3) is 16.9 Å². The number of nitro benzene ring substituents is 1. The van der Waals surface area contributed by atoms with Gasteiger partial charge in [-0.1, -0.05) is 0 Å². The predicted octanol–water partition coefficient (Wildman–Crippen LogP) is 4.85.